The summed E-state index contributed by atoms with van der Waals surface area (Å²) in [5.41, 5.74) is 0. The van der Waals surface area contributed by atoms with E-state index >= 15 is 0 Å². The zero-order valence-corrected chi connectivity index (χ0v) is 5.40. The van der Waals surface area contributed by atoms with Gasteiger partial charge in [-0.15, -0.1) is 0 Å². The molecule has 0 aromatic heterocycles. The van der Waals surface area contributed by atoms with Gasteiger partial charge in [0.05, 0.1) is 12.7 Å². The second-order valence-corrected chi connectivity index (χ2v) is 2.17. The van der Waals surface area contributed by atoms with Gasteiger partial charge in [0.25, 0.3) is 0 Å². The third-order valence-corrected chi connectivity index (χ3v) is 1.45. The standard InChI is InChI=1S/C6H12FNO/c7-2-4-9-6-1-3-8-5-6/h6,8H,1-5H2/t6-/m1/s1. The highest BCUT2D eigenvalue weighted by atomic mass is 19.1. The van der Waals surface area contributed by atoms with Gasteiger partial charge in [0, 0.05) is 6.54 Å². The van der Waals surface area contributed by atoms with Gasteiger partial charge in [-0.2, -0.15) is 0 Å². The van der Waals surface area contributed by atoms with Crippen LogP contribution in [-0.4, -0.2) is 32.5 Å². The Hall–Kier alpha value is -0.150. The van der Waals surface area contributed by atoms with Crippen molar-refractivity contribution in [1.82, 2.24) is 5.32 Å². The summed E-state index contributed by atoms with van der Waals surface area (Å²) < 4.78 is 16.6. The van der Waals surface area contributed by atoms with E-state index in [9.17, 15) is 4.39 Å². The molecule has 1 heterocycles. The molecule has 1 atom stereocenters. The molecule has 1 rings (SSSR count). The molecule has 0 amide bonds. The van der Waals surface area contributed by atoms with Crippen LogP contribution in [0.15, 0.2) is 0 Å². The Morgan fingerprint density at radius 1 is 1.67 bits per heavy atom. The highest BCUT2D eigenvalue weighted by Gasteiger charge is 2.13. The van der Waals surface area contributed by atoms with Crippen molar-refractivity contribution in [3.63, 3.8) is 0 Å². The summed E-state index contributed by atoms with van der Waals surface area (Å²) in [7, 11) is 0. The number of nitrogens with one attached hydrogen (secondary N) is 1. The molecular formula is C6H12FNO. The molecule has 0 aromatic rings. The minimum absolute atomic E-state index is 0.256. The maximum absolute atomic E-state index is 11.5. The number of hydrogen-bond acceptors (Lipinski definition) is 2. The number of rotatable bonds is 3. The van der Waals surface area contributed by atoms with Gasteiger partial charge in [0.15, 0.2) is 0 Å². The molecule has 3 heteroatoms. The molecule has 9 heavy (non-hydrogen) atoms. The lowest BCUT2D eigenvalue weighted by atomic mass is 10.3. The van der Waals surface area contributed by atoms with E-state index in [-0.39, 0.29) is 19.4 Å². The Kier molecular flexibility index (Phi) is 2.94. The van der Waals surface area contributed by atoms with Gasteiger partial charge in [-0.05, 0) is 13.0 Å². The first kappa shape index (κ1) is 6.96. The molecule has 0 radical (unpaired) electrons. The Bertz CT molecular complexity index is 73.5. The highest BCUT2D eigenvalue weighted by Crippen LogP contribution is 2.01. The second-order valence-electron chi connectivity index (χ2n) is 2.17. The van der Waals surface area contributed by atoms with Crippen LogP contribution >= 0.6 is 0 Å². The fraction of sp³-hybridized carbons (Fsp3) is 1.00. The third kappa shape index (κ3) is 2.28. The summed E-state index contributed by atoms with van der Waals surface area (Å²) in [4.78, 5) is 0. The first-order valence-electron chi connectivity index (χ1n) is 3.32. The minimum atomic E-state index is -0.365. The summed E-state index contributed by atoms with van der Waals surface area (Å²) in [6.45, 7) is 1.79. The normalized spacial score (nSPS) is 27.0. The van der Waals surface area contributed by atoms with Crippen LogP contribution in [0, 0.1) is 0 Å². The fourth-order valence-electron chi connectivity index (χ4n) is 0.982. The number of alkyl halides is 1. The van der Waals surface area contributed by atoms with Crippen molar-refractivity contribution in [3.8, 4) is 0 Å². The Balaban J connectivity index is 1.98. The van der Waals surface area contributed by atoms with E-state index in [1.54, 1.807) is 0 Å². The van der Waals surface area contributed by atoms with Gasteiger partial charge in [-0.3, -0.25) is 0 Å². The Labute approximate surface area is 54.4 Å². The van der Waals surface area contributed by atoms with Crippen LogP contribution < -0.4 is 5.32 Å². The molecule has 0 unspecified atom stereocenters. The predicted molar refractivity (Wildman–Crippen MR) is 33.2 cm³/mol. The molecule has 1 aliphatic rings. The van der Waals surface area contributed by atoms with E-state index in [1.165, 1.54) is 0 Å². The van der Waals surface area contributed by atoms with Crippen molar-refractivity contribution in [2.45, 2.75) is 12.5 Å². The predicted octanol–water partition coefficient (Wildman–Crippen LogP) is 0.334. The van der Waals surface area contributed by atoms with Crippen LogP contribution in [0.1, 0.15) is 6.42 Å². The van der Waals surface area contributed by atoms with Crippen LogP contribution in [0.5, 0.6) is 0 Å². The second kappa shape index (κ2) is 3.80. The van der Waals surface area contributed by atoms with Crippen LogP contribution in [0.4, 0.5) is 4.39 Å². The van der Waals surface area contributed by atoms with E-state index in [0.29, 0.717) is 0 Å². The highest BCUT2D eigenvalue weighted by molar-refractivity contribution is 4.70. The molecule has 0 aromatic carbocycles. The van der Waals surface area contributed by atoms with Crippen molar-refractivity contribution in [1.29, 1.82) is 0 Å². The molecule has 0 bridgehead atoms. The van der Waals surface area contributed by atoms with E-state index in [4.69, 9.17) is 4.74 Å². The maximum Gasteiger partial charge on any atom is 0.113 e. The lowest BCUT2D eigenvalue weighted by Gasteiger charge is -2.06. The fourth-order valence-corrected chi connectivity index (χ4v) is 0.982. The van der Waals surface area contributed by atoms with Crippen molar-refractivity contribution in [3.05, 3.63) is 0 Å². The lowest BCUT2D eigenvalue weighted by molar-refractivity contribution is 0.0573. The first-order valence-corrected chi connectivity index (χ1v) is 3.32. The van der Waals surface area contributed by atoms with Crippen molar-refractivity contribution < 1.29 is 9.13 Å². The number of ether oxygens (including phenoxy) is 1. The van der Waals surface area contributed by atoms with Crippen LogP contribution in [-0.2, 0) is 4.74 Å². The van der Waals surface area contributed by atoms with E-state index in [1.807, 2.05) is 0 Å². The van der Waals surface area contributed by atoms with Crippen LogP contribution in [0.25, 0.3) is 0 Å². The van der Waals surface area contributed by atoms with Gasteiger partial charge < -0.3 is 10.1 Å². The van der Waals surface area contributed by atoms with Gasteiger partial charge in [0.2, 0.25) is 0 Å². The molecule has 0 spiro atoms. The van der Waals surface area contributed by atoms with Gasteiger partial charge in [-0.1, -0.05) is 0 Å². The summed E-state index contributed by atoms with van der Waals surface area (Å²) in [6.07, 6.45) is 1.29. The largest absolute Gasteiger partial charge is 0.374 e. The average Bonchev–Trinajstić information content (AvgIpc) is 2.34. The Morgan fingerprint density at radius 3 is 3.11 bits per heavy atom. The molecule has 2 nitrogen and oxygen atoms in total. The van der Waals surface area contributed by atoms with Crippen molar-refractivity contribution in [2.75, 3.05) is 26.4 Å². The topological polar surface area (TPSA) is 21.3 Å². The maximum atomic E-state index is 11.5. The molecule has 0 aliphatic carbocycles. The first-order chi connectivity index (χ1) is 4.43. The van der Waals surface area contributed by atoms with Gasteiger partial charge >= 0.3 is 0 Å². The number of hydrogen-bond donors (Lipinski definition) is 1. The monoisotopic (exact) mass is 133 g/mol. The van der Waals surface area contributed by atoms with E-state index < -0.39 is 0 Å². The molecular weight excluding hydrogens is 121 g/mol. The quantitative estimate of drug-likeness (QED) is 0.599. The molecule has 54 valence electrons. The average molecular weight is 133 g/mol. The number of halogens is 1. The Morgan fingerprint density at radius 2 is 2.56 bits per heavy atom. The SMILES string of the molecule is FCCO[C@@H]1CCNC1. The molecule has 1 saturated heterocycles. The molecule has 1 fully saturated rings. The minimum Gasteiger partial charge on any atom is -0.374 e. The van der Waals surface area contributed by atoms with E-state index in [2.05, 4.69) is 5.32 Å². The van der Waals surface area contributed by atoms with E-state index in [0.717, 1.165) is 19.5 Å². The zero-order chi connectivity index (χ0) is 6.53. The lowest BCUT2D eigenvalue weighted by Crippen LogP contribution is -2.17. The smallest absolute Gasteiger partial charge is 0.113 e. The van der Waals surface area contributed by atoms with Crippen molar-refractivity contribution in [2.24, 2.45) is 0 Å². The van der Waals surface area contributed by atoms with Gasteiger partial charge in [-0.25, -0.2) is 4.39 Å². The zero-order valence-electron chi connectivity index (χ0n) is 5.40. The summed E-state index contributed by atoms with van der Waals surface area (Å²) >= 11 is 0. The molecule has 0 saturated carbocycles. The van der Waals surface area contributed by atoms with Gasteiger partial charge in [0.1, 0.15) is 6.67 Å². The van der Waals surface area contributed by atoms with Crippen LogP contribution in [0.2, 0.25) is 0 Å². The van der Waals surface area contributed by atoms with Crippen molar-refractivity contribution >= 4 is 0 Å². The summed E-state index contributed by atoms with van der Waals surface area (Å²) in [5, 5.41) is 3.13. The molecule has 1 aliphatic heterocycles. The third-order valence-electron chi connectivity index (χ3n) is 1.45. The summed E-state index contributed by atoms with van der Waals surface area (Å²) in [6, 6.07) is 0. The summed E-state index contributed by atoms with van der Waals surface area (Å²) in [5.74, 6) is 0. The molecule has 1 N–H and O–H groups in total. The van der Waals surface area contributed by atoms with Crippen LogP contribution in [0.3, 0.4) is 0 Å².